The second-order valence-corrected chi connectivity index (χ2v) is 13.5. The molecule has 2 aliphatic rings. The highest BCUT2D eigenvalue weighted by Gasteiger charge is 2.48. The van der Waals surface area contributed by atoms with Crippen molar-refractivity contribution in [3.8, 4) is 0 Å². The third kappa shape index (κ3) is 2.82. The molecule has 6 atom stereocenters. The molecule has 4 heteroatoms. The Morgan fingerprint density at radius 2 is 1.00 bits per heavy atom. The summed E-state index contributed by atoms with van der Waals surface area (Å²) >= 11 is 0. The lowest BCUT2D eigenvalue weighted by Crippen LogP contribution is -2.36. The number of hydrogen-bond acceptors (Lipinski definition) is 1. The third-order valence-corrected chi connectivity index (χ3v) is 13.7. The summed E-state index contributed by atoms with van der Waals surface area (Å²) in [6, 6.07) is 0. The van der Waals surface area contributed by atoms with Crippen molar-refractivity contribution < 1.29 is 0 Å². The van der Waals surface area contributed by atoms with E-state index in [4.69, 9.17) is 0 Å². The lowest BCUT2D eigenvalue weighted by molar-refractivity contribution is 0.666. The van der Waals surface area contributed by atoms with Gasteiger partial charge in [0.15, 0.2) is 0 Å². The Bertz CT molecular complexity index is 243. The Balaban J connectivity index is 2.22. The molecule has 0 aromatic heterocycles. The Morgan fingerprint density at radius 1 is 0.722 bits per heavy atom. The minimum absolute atomic E-state index is 0.220. The zero-order valence-electron chi connectivity index (χ0n) is 13.1. The van der Waals surface area contributed by atoms with Gasteiger partial charge in [-0.3, -0.25) is 0 Å². The van der Waals surface area contributed by atoms with Crippen LogP contribution < -0.4 is 0 Å². The van der Waals surface area contributed by atoms with E-state index in [-0.39, 0.29) is 15.6 Å². The fourth-order valence-corrected chi connectivity index (χ4v) is 14.4. The molecule has 0 aromatic rings. The van der Waals surface area contributed by atoms with E-state index >= 15 is 0 Å². The average Bonchev–Trinajstić information content (AvgIpc) is 2.78. The van der Waals surface area contributed by atoms with Crippen LogP contribution in [0.15, 0.2) is 0 Å². The van der Waals surface area contributed by atoms with Gasteiger partial charge in [0.25, 0.3) is 6.29 Å². The summed E-state index contributed by atoms with van der Waals surface area (Å²) in [5.74, 6) is 0. The van der Waals surface area contributed by atoms with Crippen molar-refractivity contribution in [3.05, 3.63) is 0 Å². The van der Waals surface area contributed by atoms with Crippen molar-refractivity contribution in [2.24, 2.45) is 0 Å². The molecule has 0 N–H and O–H groups in total. The Kier molecular flexibility index (Phi) is 5.19. The van der Waals surface area contributed by atoms with Crippen LogP contribution in [0.25, 0.3) is 0 Å². The van der Waals surface area contributed by atoms with E-state index in [1.54, 1.807) is 0 Å². The van der Waals surface area contributed by atoms with Crippen LogP contribution in [-0.2, 0) is 0 Å². The van der Waals surface area contributed by atoms with Gasteiger partial charge in [-0.15, -0.1) is 15.6 Å². The molecular formula is C14H30BNP2. The van der Waals surface area contributed by atoms with Gasteiger partial charge in [-0.25, -0.2) is 0 Å². The predicted octanol–water partition coefficient (Wildman–Crippen LogP) is 4.64. The number of rotatable bonds is 3. The Hall–Kier alpha value is 0.885. The van der Waals surface area contributed by atoms with Crippen LogP contribution in [-0.4, -0.2) is 47.8 Å². The maximum absolute atomic E-state index is 2.62. The molecule has 2 rings (SSSR count). The molecular weight excluding hydrogens is 255 g/mol. The fraction of sp³-hybridized carbons (Fsp3) is 1.00. The monoisotopic (exact) mass is 285 g/mol. The van der Waals surface area contributed by atoms with Gasteiger partial charge in [-0.2, -0.15) is 0 Å². The molecule has 2 saturated heterocycles. The summed E-state index contributed by atoms with van der Waals surface area (Å²) in [6.07, 6.45) is 6.90. The lowest BCUT2D eigenvalue weighted by Gasteiger charge is -2.40. The Morgan fingerprint density at radius 3 is 1.22 bits per heavy atom. The first-order chi connectivity index (χ1) is 8.43. The van der Waals surface area contributed by atoms with E-state index in [0.29, 0.717) is 0 Å². The van der Waals surface area contributed by atoms with Crippen LogP contribution >= 0.6 is 15.6 Å². The van der Waals surface area contributed by atoms with Gasteiger partial charge in [0.05, 0.1) is 0 Å². The van der Waals surface area contributed by atoms with E-state index < -0.39 is 0 Å². The molecule has 104 valence electrons. The minimum atomic E-state index is 0.220. The molecule has 1 nitrogen and oxygen atoms in total. The molecule has 18 heavy (non-hydrogen) atoms. The smallest absolute Gasteiger partial charge is 0.282 e. The summed E-state index contributed by atoms with van der Waals surface area (Å²) in [5, 5.41) is 0. The second kappa shape index (κ2) is 6.11. The SMILES string of the molecule is CC1CC[C@@H](C)P1B(N(C)C)P1C(C)CC[C@H]1C. The van der Waals surface area contributed by atoms with E-state index in [9.17, 15) is 0 Å². The van der Waals surface area contributed by atoms with Crippen LogP contribution in [0.5, 0.6) is 0 Å². The van der Waals surface area contributed by atoms with Gasteiger partial charge in [0.2, 0.25) is 0 Å². The van der Waals surface area contributed by atoms with Crippen molar-refractivity contribution in [1.29, 1.82) is 0 Å². The molecule has 4 unspecified atom stereocenters. The lowest BCUT2D eigenvalue weighted by atomic mass is 10.2. The van der Waals surface area contributed by atoms with Crippen molar-refractivity contribution in [3.63, 3.8) is 0 Å². The van der Waals surface area contributed by atoms with E-state index in [1.165, 1.54) is 25.7 Å². The molecule has 0 aliphatic carbocycles. The average molecular weight is 285 g/mol. The molecule has 0 saturated carbocycles. The van der Waals surface area contributed by atoms with Crippen molar-refractivity contribution in [2.45, 2.75) is 76.0 Å². The fourth-order valence-electron chi connectivity index (χ4n) is 4.03. The van der Waals surface area contributed by atoms with Crippen LogP contribution in [0.2, 0.25) is 0 Å². The van der Waals surface area contributed by atoms with E-state index in [1.807, 2.05) is 0 Å². The van der Waals surface area contributed by atoms with Crippen LogP contribution in [0, 0.1) is 0 Å². The highest BCUT2D eigenvalue weighted by molar-refractivity contribution is 8.20. The van der Waals surface area contributed by atoms with E-state index in [2.05, 4.69) is 46.6 Å². The first-order valence-electron chi connectivity index (χ1n) is 7.64. The second-order valence-electron chi connectivity index (χ2n) is 6.76. The highest BCUT2D eigenvalue weighted by Crippen LogP contribution is 2.70. The van der Waals surface area contributed by atoms with Gasteiger partial charge in [-0.05, 0) is 62.4 Å². The van der Waals surface area contributed by atoms with Gasteiger partial charge < -0.3 is 4.81 Å². The maximum atomic E-state index is 2.62. The topological polar surface area (TPSA) is 3.24 Å². The van der Waals surface area contributed by atoms with E-state index in [0.717, 1.165) is 28.9 Å². The van der Waals surface area contributed by atoms with Crippen molar-refractivity contribution >= 4 is 21.9 Å². The molecule has 0 radical (unpaired) electrons. The van der Waals surface area contributed by atoms with Crippen LogP contribution in [0.4, 0.5) is 0 Å². The maximum Gasteiger partial charge on any atom is 0.282 e. The molecule has 0 aromatic carbocycles. The predicted molar refractivity (Wildman–Crippen MR) is 89.6 cm³/mol. The highest BCUT2D eigenvalue weighted by atomic mass is 31.2. The normalized spacial score (nSPS) is 44.8. The summed E-state index contributed by atoms with van der Waals surface area (Å²) in [5.41, 5.74) is 4.02. The van der Waals surface area contributed by atoms with Gasteiger partial charge in [0.1, 0.15) is 0 Å². The summed E-state index contributed by atoms with van der Waals surface area (Å²) in [4.78, 5) is 2.62. The molecule has 0 bridgehead atoms. The molecule has 2 fully saturated rings. The zero-order valence-corrected chi connectivity index (χ0v) is 14.8. The van der Waals surface area contributed by atoms with Crippen molar-refractivity contribution in [1.82, 2.24) is 4.81 Å². The first-order valence-corrected chi connectivity index (χ1v) is 10.7. The number of nitrogens with zero attached hydrogens (tertiary/aromatic N) is 1. The summed E-state index contributed by atoms with van der Waals surface area (Å²) in [7, 11) is 5.14. The first kappa shape index (κ1) is 15.3. The Labute approximate surface area is 117 Å². The van der Waals surface area contributed by atoms with Gasteiger partial charge in [0, 0.05) is 0 Å². The van der Waals surface area contributed by atoms with Crippen LogP contribution in [0.1, 0.15) is 53.4 Å². The molecule has 0 amide bonds. The zero-order chi connectivity index (χ0) is 13.4. The van der Waals surface area contributed by atoms with Gasteiger partial charge >= 0.3 is 0 Å². The van der Waals surface area contributed by atoms with Crippen LogP contribution in [0.3, 0.4) is 0 Å². The third-order valence-electron chi connectivity index (χ3n) is 5.04. The number of hydrogen-bond donors (Lipinski definition) is 0. The minimum Gasteiger partial charge on any atom is -0.340 e. The standard InChI is InChI=1S/C14H30BNP2/c1-11-7-8-12(2)17(11)15(16(5)6)18-13(3)9-10-14(18)4/h11-14H,7-10H2,1-6H3/t11-,12?,13-,14?,17?,18?/m1/s1. The van der Waals surface area contributed by atoms with Gasteiger partial charge in [-0.1, -0.05) is 27.7 Å². The molecule has 0 spiro atoms. The summed E-state index contributed by atoms with van der Waals surface area (Å²) < 4.78 is 0. The molecule has 2 aliphatic heterocycles. The summed E-state index contributed by atoms with van der Waals surface area (Å²) in [6.45, 7) is 10.1. The molecule has 2 heterocycles. The largest absolute Gasteiger partial charge is 0.340 e. The van der Waals surface area contributed by atoms with Crippen molar-refractivity contribution in [2.75, 3.05) is 14.1 Å². The quantitative estimate of drug-likeness (QED) is 0.539.